The van der Waals surface area contributed by atoms with Crippen LogP contribution in [0.25, 0.3) is 0 Å². The maximum Gasteiger partial charge on any atom is 0.233 e. The zero-order chi connectivity index (χ0) is 14.7. The Morgan fingerprint density at radius 3 is 2.47 bits per heavy atom. The van der Waals surface area contributed by atoms with Gasteiger partial charge >= 0.3 is 0 Å². The molecule has 0 N–H and O–H groups in total. The van der Waals surface area contributed by atoms with Gasteiger partial charge in [0, 0.05) is 22.7 Å². The summed E-state index contributed by atoms with van der Waals surface area (Å²) in [5.74, 6) is -0.470. The fraction of sp³-hybridized carbons (Fsp3) is 0.538. The molecule has 0 radical (unpaired) electrons. The highest BCUT2D eigenvalue weighted by Crippen LogP contribution is 2.29. The number of halogens is 2. The van der Waals surface area contributed by atoms with Crippen molar-refractivity contribution < 1.29 is 17.5 Å². The molecule has 1 aromatic carbocycles. The van der Waals surface area contributed by atoms with E-state index in [-0.39, 0.29) is 23.7 Å². The molecule has 0 saturated carbocycles. The van der Waals surface area contributed by atoms with Gasteiger partial charge in [0.2, 0.25) is 9.05 Å². The van der Waals surface area contributed by atoms with Crippen molar-refractivity contribution in [2.75, 3.05) is 12.4 Å². The van der Waals surface area contributed by atoms with Crippen LogP contribution in [0.4, 0.5) is 4.39 Å². The van der Waals surface area contributed by atoms with E-state index < -0.39 is 14.9 Å². The van der Waals surface area contributed by atoms with E-state index >= 15 is 0 Å². The number of ether oxygens (including phenoxy) is 1. The summed E-state index contributed by atoms with van der Waals surface area (Å²) < 4.78 is 40.9. The molecule has 1 rings (SSSR count). The second-order valence-corrected chi connectivity index (χ2v) is 8.36. The smallest absolute Gasteiger partial charge is 0.233 e. The van der Waals surface area contributed by atoms with Crippen LogP contribution in [0.15, 0.2) is 24.3 Å². The van der Waals surface area contributed by atoms with Gasteiger partial charge in [-0.15, -0.1) is 0 Å². The van der Waals surface area contributed by atoms with E-state index in [0.717, 1.165) is 0 Å². The molecule has 1 aromatic rings. The number of benzene rings is 1. The maximum absolute atomic E-state index is 13.0. The molecule has 0 aliphatic rings. The third kappa shape index (κ3) is 6.25. The van der Waals surface area contributed by atoms with E-state index in [9.17, 15) is 12.8 Å². The quantitative estimate of drug-likeness (QED) is 0.783. The molecule has 0 aromatic heterocycles. The van der Waals surface area contributed by atoms with Crippen molar-refractivity contribution in [1.29, 1.82) is 0 Å². The predicted molar refractivity (Wildman–Crippen MR) is 74.5 cm³/mol. The topological polar surface area (TPSA) is 43.4 Å². The normalized spacial score (nSPS) is 14.2. The van der Waals surface area contributed by atoms with E-state index in [2.05, 4.69) is 0 Å². The lowest BCUT2D eigenvalue weighted by Gasteiger charge is -2.29. The van der Waals surface area contributed by atoms with Gasteiger partial charge in [0.1, 0.15) is 11.6 Å². The van der Waals surface area contributed by atoms with Gasteiger partial charge in [-0.25, -0.2) is 12.8 Å². The lowest BCUT2D eigenvalue weighted by molar-refractivity contribution is 0.163. The first kappa shape index (κ1) is 16.2. The standard InChI is InChI=1S/C13H18ClFO3S/c1-13(2,3)10(9-19(14,16)17)8-18-12-6-4-5-11(15)7-12/h4-7,10H,8-9H2,1-3H3. The molecular formula is C13H18ClFO3S. The monoisotopic (exact) mass is 308 g/mol. The molecule has 0 bridgehead atoms. The molecule has 0 fully saturated rings. The van der Waals surface area contributed by atoms with Gasteiger partial charge < -0.3 is 4.74 Å². The fourth-order valence-electron chi connectivity index (χ4n) is 1.54. The van der Waals surface area contributed by atoms with Crippen LogP contribution >= 0.6 is 10.7 Å². The molecule has 19 heavy (non-hydrogen) atoms. The molecule has 1 atom stereocenters. The van der Waals surface area contributed by atoms with Crippen LogP contribution in [-0.4, -0.2) is 20.8 Å². The highest BCUT2D eigenvalue weighted by molar-refractivity contribution is 8.13. The first-order chi connectivity index (χ1) is 8.58. The van der Waals surface area contributed by atoms with Crippen molar-refractivity contribution >= 4 is 19.7 Å². The molecule has 6 heteroatoms. The van der Waals surface area contributed by atoms with Crippen LogP contribution in [0.3, 0.4) is 0 Å². The van der Waals surface area contributed by atoms with Crippen molar-refractivity contribution in [2.45, 2.75) is 20.8 Å². The van der Waals surface area contributed by atoms with Crippen LogP contribution in [0.1, 0.15) is 20.8 Å². The summed E-state index contributed by atoms with van der Waals surface area (Å²) in [4.78, 5) is 0. The molecule has 3 nitrogen and oxygen atoms in total. The van der Waals surface area contributed by atoms with Gasteiger partial charge in [-0.05, 0) is 17.5 Å². The second-order valence-electron chi connectivity index (χ2n) is 5.54. The Morgan fingerprint density at radius 1 is 1.37 bits per heavy atom. The molecule has 1 unspecified atom stereocenters. The average molecular weight is 309 g/mol. The Balaban J connectivity index is 2.74. The number of hydrogen-bond donors (Lipinski definition) is 0. The van der Waals surface area contributed by atoms with E-state index in [1.165, 1.54) is 18.2 Å². The molecule has 0 heterocycles. The highest BCUT2D eigenvalue weighted by atomic mass is 35.7. The molecule has 0 spiro atoms. The Labute approximate surface area is 118 Å². The molecule has 108 valence electrons. The Morgan fingerprint density at radius 2 is 2.00 bits per heavy atom. The van der Waals surface area contributed by atoms with Gasteiger partial charge in [-0.2, -0.15) is 0 Å². The third-order valence-electron chi connectivity index (χ3n) is 2.87. The highest BCUT2D eigenvalue weighted by Gasteiger charge is 2.29. The van der Waals surface area contributed by atoms with Gasteiger partial charge in [-0.1, -0.05) is 26.8 Å². The van der Waals surface area contributed by atoms with Crippen LogP contribution in [0.2, 0.25) is 0 Å². The van der Waals surface area contributed by atoms with E-state index in [4.69, 9.17) is 15.4 Å². The lowest BCUT2D eigenvalue weighted by atomic mass is 9.82. The molecular weight excluding hydrogens is 291 g/mol. The first-order valence-corrected chi connectivity index (χ1v) is 8.36. The maximum atomic E-state index is 13.0. The SMILES string of the molecule is CC(C)(C)C(COc1cccc(F)c1)CS(=O)(=O)Cl. The summed E-state index contributed by atoms with van der Waals surface area (Å²) in [6.45, 7) is 5.90. The first-order valence-electron chi connectivity index (χ1n) is 5.88. The summed E-state index contributed by atoms with van der Waals surface area (Å²) in [5, 5.41) is 0. The Hall–Kier alpha value is -0.810. The minimum Gasteiger partial charge on any atom is -0.493 e. The van der Waals surface area contributed by atoms with E-state index in [1.807, 2.05) is 20.8 Å². The minimum absolute atomic E-state index is 0.166. The van der Waals surface area contributed by atoms with Crippen molar-refractivity contribution in [3.05, 3.63) is 30.1 Å². The Bertz CT molecular complexity index is 523. The van der Waals surface area contributed by atoms with Crippen molar-refractivity contribution in [3.8, 4) is 5.75 Å². The molecule has 0 amide bonds. The Kier molecular flexibility index (Phi) is 5.21. The summed E-state index contributed by atoms with van der Waals surface area (Å²) in [5.41, 5.74) is -0.282. The summed E-state index contributed by atoms with van der Waals surface area (Å²) in [6.07, 6.45) is 0. The number of hydrogen-bond acceptors (Lipinski definition) is 3. The zero-order valence-electron chi connectivity index (χ0n) is 11.2. The summed E-state index contributed by atoms with van der Waals surface area (Å²) in [6, 6.07) is 5.74. The number of rotatable bonds is 5. The van der Waals surface area contributed by atoms with Crippen molar-refractivity contribution in [2.24, 2.45) is 11.3 Å². The zero-order valence-corrected chi connectivity index (χ0v) is 12.8. The molecule has 0 aliphatic carbocycles. The lowest BCUT2D eigenvalue weighted by Crippen LogP contribution is -2.31. The third-order valence-corrected chi connectivity index (χ3v) is 4.05. The predicted octanol–water partition coefficient (Wildman–Crippen LogP) is 3.44. The summed E-state index contributed by atoms with van der Waals surface area (Å²) >= 11 is 0. The minimum atomic E-state index is -3.60. The fourth-order valence-corrected chi connectivity index (χ4v) is 3.08. The van der Waals surface area contributed by atoms with Crippen LogP contribution < -0.4 is 4.74 Å². The van der Waals surface area contributed by atoms with Crippen LogP contribution in [0.5, 0.6) is 5.75 Å². The van der Waals surface area contributed by atoms with Gasteiger partial charge in [0.25, 0.3) is 0 Å². The molecule has 0 aliphatic heterocycles. The van der Waals surface area contributed by atoms with Crippen molar-refractivity contribution in [1.82, 2.24) is 0 Å². The average Bonchev–Trinajstić information content (AvgIpc) is 2.21. The van der Waals surface area contributed by atoms with Gasteiger partial charge in [0.15, 0.2) is 0 Å². The van der Waals surface area contributed by atoms with E-state index in [0.29, 0.717) is 5.75 Å². The largest absolute Gasteiger partial charge is 0.493 e. The van der Waals surface area contributed by atoms with E-state index in [1.54, 1.807) is 6.07 Å². The van der Waals surface area contributed by atoms with Crippen molar-refractivity contribution in [3.63, 3.8) is 0 Å². The summed E-state index contributed by atoms with van der Waals surface area (Å²) in [7, 11) is 1.70. The van der Waals surface area contributed by atoms with Gasteiger partial charge in [-0.3, -0.25) is 0 Å². The van der Waals surface area contributed by atoms with Gasteiger partial charge in [0.05, 0.1) is 12.4 Å². The second kappa shape index (κ2) is 6.09. The van der Waals surface area contributed by atoms with Crippen LogP contribution in [-0.2, 0) is 9.05 Å². The van der Waals surface area contributed by atoms with Crippen LogP contribution in [0, 0.1) is 17.2 Å². The molecule has 0 saturated heterocycles.